The normalized spacial score (nSPS) is 15.3. The molecule has 2 rings (SSSR count). The van der Waals surface area contributed by atoms with Gasteiger partial charge in [0.25, 0.3) is 0 Å². The maximum Gasteiger partial charge on any atom is 0.185 e. The van der Waals surface area contributed by atoms with E-state index in [1.165, 1.54) is 43.4 Å². The molecule has 1 fully saturated rings. The Bertz CT molecular complexity index is 597. The van der Waals surface area contributed by atoms with Crippen LogP contribution in [-0.2, 0) is 11.3 Å². The predicted octanol–water partition coefficient (Wildman–Crippen LogP) is 5.23. The van der Waals surface area contributed by atoms with Gasteiger partial charge in [-0.05, 0) is 58.0 Å². The summed E-state index contributed by atoms with van der Waals surface area (Å²) in [6.45, 7) is 11.4. The van der Waals surface area contributed by atoms with Crippen LogP contribution in [-0.4, -0.2) is 60.7 Å². The van der Waals surface area contributed by atoms with Crippen molar-refractivity contribution in [3.05, 3.63) is 29.8 Å². The van der Waals surface area contributed by atoms with Crippen LogP contribution < -0.4 is 4.90 Å². The Morgan fingerprint density at radius 1 is 0.933 bits per heavy atom. The zero-order chi connectivity index (χ0) is 21.8. The molecule has 0 saturated carbocycles. The third-order valence-corrected chi connectivity index (χ3v) is 6.45. The fourth-order valence-corrected chi connectivity index (χ4v) is 4.40. The smallest absolute Gasteiger partial charge is 0.185 e. The first-order chi connectivity index (χ1) is 14.5. The van der Waals surface area contributed by atoms with E-state index in [9.17, 15) is 4.79 Å². The number of rotatable bonds is 14. The van der Waals surface area contributed by atoms with E-state index in [1.807, 2.05) is 0 Å². The number of unbranched alkanes of at least 4 members (excludes halogenated alkanes) is 6. The van der Waals surface area contributed by atoms with Crippen LogP contribution in [0.4, 0.5) is 5.69 Å². The topological polar surface area (TPSA) is 26.8 Å². The first-order valence-corrected chi connectivity index (χ1v) is 12.4. The third kappa shape index (κ3) is 9.84. The van der Waals surface area contributed by atoms with Crippen LogP contribution in [0.2, 0.25) is 0 Å². The highest BCUT2D eigenvalue weighted by Crippen LogP contribution is 2.19. The fourth-order valence-electron chi connectivity index (χ4n) is 4.24. The quantitative estimate of drug-likeness (QED) is 0.321. The van der Waals surface area contributed by atoms with E-state index in [0.717, 1.165) is 52.1 Å². The summed E-state index contributed by atoms with van der Waals surface area (Å²) in [4.78, 5) is 18.3. The van der Waals surface area contributed by atoms with Gasteiger partial charge in [0, 0.05) is 50.9 Å². The highest BCUT2D eigenvalue weighted by molar-refractivity contribution is 7.96. The lowest BCUT2D eigenvalue weighted by Crippen LogP contribution is -2.48. The Labute approximate surface area is 190 Å². The van der Waals surface area contributed by atoms with Crippen LogP contribution in [0.1, 0.15) is 70.8 Å². The predicted molar refractivity (Wildman–Crippen MR) is 133 cm³/mol. The number of carbonyl (C=O) groups excluding carboxylic acids is 1. The minimum Gasteiger partial charge on any atom is -0.369 e. The molecule has 0 aliphatic carbocycles. The molecule has 0 unspecified atom stereocenters. The van der Waals surface area contributed by atoms with Crippen molar-refractivity contribution < 1.29 is 4.79 Å². The van der Waals surface area contributed by atoms with E-state index in [-0.39, 0.29) is 5.12 Å². The number of hydrogen-bond acceptors (Lipinski definition) is 4. The standard InChI is InChI=1S/C25H43N3OS/c1-22(2)27-17-19-28(20-18-27)24-14-12-23(13-15-24)21-26(3)16-10-8-6-4-5-7-9-11-25(29)30/h12-15,22H,4-11,16-21H2,1-3H3,(H,29,30). The first kappa shape index (κ1) is 25.2. The average molecular weight is 434 g/mol. The molecular formula is C25H43N3OS. The third-order valence-electron chi connectivity index (χ3n) is 6.23. The van der Waals surface area contributed by atoms with Gasteiger partial charge in [-0.2, -0.15) is 0 Å². The molecule has 0 atom stereocenters. The molecule has 4 nitrogen and oxygen atoms in total. The maximum absolute atomic E-state index is 10.8. The largest absolute Gasteiger partial charge is 0.369 e. The van der Waals surface area contributed by atoms with Crippen LogP contribution in [0.5, 0.6) is 0 Å². The summed E-state index contributed by atoms with van der Waals surface area (Å²) in [6, 6.07) is 9.86. The fraction of sp³-hybridized carbons (Fsp3) is 0.720. The monoisotopic (exact) mass is 433 g/mol. The van der Waals surface area contributed by atoms with Crippen molar-refractivity contribution in [2.45, 2.75) is 77.8 Å². The Kier molecular flexibility index (Phi) is 11.9. The molecule has 1 heterocycles. The van der Waals surface area contributed by atoms with Gasteiger partial charge in [-0.25, -0.2) is 0 Å². The summed E-state index contributed by atoms with van der Waals surface area (Å²) in [6.07, 6.45) is 9.20. The van der Waals surface area contributed by atoms with E-state index in [1.54, 1.807) is 0 Å². The van der Waals surface area contributed by atoms with Gasteiger partial charge in [0.2, 0.25) is 0 Å². The van der Waals surface area contributed by atoms with Gasteiger partial charge >= 0.3 is 0 Å². The molecule has 0 aromatic heterocycles. The van der Waals surface area contributed by atoms with Crippen LogP contribution in [0, 0.1) is 0 Å². The second-order valence-electron chi connectivity index (χ2n) is 9.14. The number of thiol groups is 1. The van der Waals surface area contributed by atoms with E-state index in [2.05, 4.69) is 72.5 Å². The number of anilines is 1. The zero-order valence-electron chi connectivity index (χ0n) is 19.5. The summed E-state index contributed by atoms with van der Waals surface area (Å²) in [5.74, 6) is 0. The minimum atomic E-state index is 0.0251. The van der Waals surface area contributed by atoms with Crippen molar-refractivity contribution in [3.63, 3.8) is 0 Å². The number of benzene rings is 1. The zero-order valence-corrected chi connectivity index (χ0v) is 20.4. The summed E-state index contributed by atoms with van der Waals surface area (Å²) >= 11 is 3.81. The van der Waals surface area contributed by atoms with Gasteiger partial charge in [-0.3, -0.25) is 9.69 Å². The van der Waals surface area contributed by atoms with Gasteiger partial charge < -0.3 is 9.80 Å². The van der Waals surface area contributed by atoms with Crippen molar-refractivity contribution in [2.75, 3.05) is 44.7 Å². The van der Waals surface area contributed by atoms with Crippen molar-refractivity contribution in [2.24, 2.45) is 0 Å². The summed E-state index contributed by atoms with van der Waals surface area (Å²) in [5, 5.41) is 0.0251. The summed E-state index contributed by atoms with van der Waals surface area (Å²) in [5.41, 5.74) is 2.77. The molecular weight excluding hydrogens is 390 g/mol. The molecule has 1 aromatic carbocycles. The molecule has 1 aromatic rings. The summed E-state index contributed by atoms with van der Waals surface area (Å²) < 4.78 is 0. The molecule has 1 aliphatic heterocycles. The van der Waals surface area contributed by atoms with E-state index >= 15 is 0 Å². The second-order valence-corrected chi connectivity index (χ2v) is 9.64. The van der Waals surface area contributed by atoms with Crippen molar-refractivity contribution >= 4 is 23.4 Å². The van der Waals surface area contributed by atoms with E-state index in [4.69, 9.17) is 0 Å². The van der Waals surface area contributed by atoms with E-state index < -0.39 is 0 Å². The van der Waals surface area contributed by atoms with Gasteiger partial charge in [-0.15, -0.1) is 12.6 Å². The van der Waals surface area contributed by atoms with Crippen LogP contribution in [0.3, 0.4) is 0 Å². The molecule has 0 amide bonds. The Morgan fingerprint density at radius 2 is 1.50 bits per heavy atom. The number of hydrogen-bond donors (Lipinski definition) is 1. The Balaban J connectivity index is 1.56. The molecule has 0 radical (unpaired) electrons. The van der Waals surface area contributed by atoms with Gasteiger partial charge in [0.15, 0.2) is 5.12 Å². The van der Waals surface area contributed by atoms with Gasteiger partial charge in [-0.1, -0.05) is 44.2 Å². The Hall–Kier alpha value is -1.04. The molecule has 30 heavy (non-hydrogen) atoms. The molecule has 1 saturated heterocycles. The first-order valence-electron chi connectivity index (χ1n) is 11.9. The maximum atomic E-state index is 10.8. The van der Waals surface area contributed by atoms with Crippen LogP contribution in [0.25, 0.3) is 0 Å². The van der Waals surface area contributed by atoms with Gasteiger partial charge in [0.1, 0.15) is 0 Å². The lowest BCUT2D eigenvalue weighted by atomic mass is 10.1. The second kappa shape index (κ2) is 14.1. The molecule has 0 spiro atoms. The Morgan fingerprint density at radius 3 is 2.07 bits per heavy atom. The number of piperazine rings is 1. The van der Waals surface area contributed by atoms with Crippen molar-refractivity contribution in [1.29, 1.82) is 0 Å². The molecule has 170 valence electrons. The van der Waals surface area contributed by atoms with Crippen LogP contribution in [0.15, 0.2) is 24.3 Å². The van der Waals surface area contributed by atoms with Crippen molar-refractivity contribution in [1.82, 2.24) is 9.80 Å². The number of nitrogens with zero attached hydrogens (tertiary/aromatic N) is 3. The minimum absolute atomic E-state index is 0.0251. The lowest BCUT2D eigenvalue weighted by molar-refractivity contribution is -0.110. The molecule has 0 bridgehead atoms. The van der Waals surface area contributed by atoms with Gasteiger partial charge in [0.05, 0.1) is 0 Å². The molecule has 1 aliphatic rings. The lowest BCUT2D eigenvalue weighted by Gasteiger charge is -2.38. The molecule has 0 N–H and O–H groups in total. The van der Waals surface area contributed by atoms with Crippen LogP contribution >= 0.6 is 12.6 Å². The summed E-state index contributed by atoms with van der Waals surface area (Å²) in [7, 11) is 2.23. The highest BCUT2D eigenvalue weighted by Gasteiger charge is 2.18. The highest BCUT2D eigenvalue weighted by atomic mass is 32.1. The van der Waals surface area contributed by atoms with E-state index in [0.29, 0.717) is 12.5 Å². The SMILES string of the molecule is CC(C)N1CCN(c2ccc(CN(C)CCCCCCCCCC(=O)S)cc2)CC1. The van der Waals surface area contributed by atoms with Crippen molar-refractivity contribution in [3.8, 4) is 0 Å². The number of carbonyl (C=O) groups is 1. The average Bonchev–Trinajstić information content (AvgIpc) is 2.73. The molecule has 5 heteroatoms.